The summed E-state index contributed by atoms with van der Waals surface area (Å²) >= 11 is 0. The number of likely N-dealkylation sites (N-methyl/N-ethyl adjacent to an activating group) is 1. The van der Waals surface area contributed by atoms with E-state index in [0.717, 1.165) is 89.9 Å². The van der Waals surface area contributed by atoms with Gasteiger partial charge in [0, 0.05) is 12.8 Å². The first-order valence-electron chi connectivity index (χ1n) is 34.4. The Balaban J connectivity index is 5.16. The van der Waals surface area contributed by atoms with Gasteiger partial charge >= 0.3 is 13.8 Å². The molecular formula is C74H130N2O7P+. The maximum absolute atomic E-state index is 13.6. The fourth-order valence-electron chi connectivity index (χ4n) is 9.39. The van der Waals surface area contributed by atoms with E-state index in [1.807, 2.05) is 39.4 Å². The molecule has 0 radical (unpaired) electrons. The Bertz CT molecular complexity index is 1850. The van der Waals surface area contributed by atoms with E-state index < -0.39 is 25.9 Å². The SMILES string of the molecule is CC/C=C\C/C=C\C/C=C\C/C=C\C/C=C\C/C=C\CCC(=O)OC(/C=C\CCCCCCCCCCCC)C(COP(=O)(O)OCC[N+](C)(C)C)NC(=O)CCCCCCCCCCCCCCCC/C=C\C/C=C\C/C=C\CCCCC. The van der Waals surface area contributed by atoms with Crippen LogP contribution < -0.4 is 5.32 Å². The molecule has 0 aromatic carbocycles. The number of esters is 1. The number of phosphoric ester groups is 1. The van der Waals surface area contributed by atoms with Crippen molar-refractivity contribution in [2.75, 3.05) is 40.9 Å². The molecule has 3 atom stereocenters. The van der Waals surface area contributed by atoms with Crippen molar-refractivity contribution >= 4 is 19.7 Å². The van der Waals surface area contributed by atoms with Gasteiger partial charge in [-0.2, -0.15) is 0 Å². The van der Waals surface area contributed by atoms with Crippen molar-refractivity contribution in [2.24, 2.45) is 0 Å². The van der Waals surface area contributed by atoms with Crippen molar-refractivity contribution in [1.82, 2.24) is 5.32 Å². The number of amides is 1. The third-order valence-corrected chi connectivity index (χ3v) is 15.6. The number of unbranched alkanes of at least 4 members (excludes halogenated alkanes) is 27. The van der Waals surface area contributed by atoms with E-state index in [9.17, 15) is 19.0 Å². The van der Waals surface area contributed by atoms with Gasteiger partial charge in [-0.3, -0.25) is 18.6 Å². The molecule has 0 heterocycles. The third-order valence-electron chi connectivity index (χ3n) is 14.6. The molecule has 0 spiro atoms. The lowest BCUT2D eigenvalue weighted by atomic mass is 10.0. The lowest BCUT2D eigenvalue weighted by Gasteiger charge is -2.27. The minimum atomic E-state index is -4.48. The zero-order chi connectivity index (χ0) is 61.4. The first kappa shape index (κ1) is 80.4. The van der Waals surface area contributed by atoms with Gasteiger partial charge in [0.1, 0.15) is 19.3 Å². The summed E-state index contributed by atoms with van der Waals surface area (Å²) in [4.78, 5) is 37.8. The van der Waals surface area contributed by atoms with Crippen LogP contribution in [0.25, 0.3) is 0 Å². The smallest absolute Gasteiger partial charge is 0.456 e. The molecule has 0 saturated carbocycles. The minimum absolute atomic E-state index is 0.0237. The summed E-state index contributed by atoms with van der Waals surface area (Å²) in [6, 6.07) is -0.887. The molecule has 1 amide bonds. The topological polar surface area (TPSA) is 111 Å². The summed E-state index contributed by atoms with van der Waals surface area (Å²) in [5.74, 6) is -0.605. The zero-order valence-corrected chi connectivity index (χ0v) is 56.0. The number of nitrogens with one attached hydrogen (secondary N) is 1. The molecule has 10 heteroatoms. The summed E-state index contributed by atoms with van der Waals surface area (Å²) in [5.41, 5.74) is 0. The van der Waals surface area contributed by atoms with Crippen LogP contribution in [0.15, 0.2) is 122 Å². The van der Waals surface area contributed by atoms with Gasteiger partial charge in [0.25, 0.3) is 0 Å². The first-order valence-corrected chi connectivity index (χ1v) is 35.9. The summed E-state index contributed by atoms with van der Waals surface area (Å²) in [5, 5.41) is 3.04. The summed E-state index contributed by atoms with van der Waals surface area (Å²) in [7, 11) is 1.45. The highest BCUT2D eigenvalue weighted by Crippen LogP contribution is 2.43. The Labute approximate surface area is 518 Å². The monoisotopic (exact) mass is 1190 g/mol. The molecule has 0 bridgehead atoms. The van der Waals surface area contributed by atoms with Crippen molar-refractivity contribution in [1.29, 1.82) is 0 Å². The van der Waals surface area contributed by atoms with Crippen molar-refractivity contribution in [3.05, 3.63) is 122 Å². The van der Waals surface area contributed by atoms with Gasteiger partial charge in [0.2, 0.25) is 5.91 Å². The maximum Gasteiger partial charge on any atom is 0.472 e. The van der Waals surface area contributed by atoms with Crippen molar-refractivity contribution in [2.45, 2.75) is 296 Å². The van der Waals surface area contributed by atoms with E-state index in [-0.39, 0.29) is 25.5 Å². The van der Waals surface area contributed by atoms with E-state index in [1.54, 1.807) is 0 Å². The summed E-state index contributed by atoms with van der Waals surface area (Å²) in [6.45, 7) is 6.83. The number of allylic oxidation sites excluding steroid dienone is 19. The summed E-state index contributed by atoms with van der Waals surface area (Å²) < 4.78 is 30.7. The van der Waals surface area contributed by atoms with Gasteiger partial charge in [0.05, 0.1) is 33.8 Å². The molecule has 0 aliphatic carbocycles. The molecule has 0 rings (SSSR count). The van der Waals surface area contributed by atoms with Crippen LogP contribution in [0.4, 0.5) is 0 Å². The third kappa shape index (κ3) is 62.9. The standard InChI is InChI=1S/C74H129N2O7P/c1-7-10-13-16-19-22-25-28-30-32-34-35-36-37-38-39-40-41-43-44-46-48-51-54-57-60-63-66-73(77)75-71(70-82-84(79,80)81-69-68-76(4,5)6)72(65-62-59-56-53-50-27-24-21-18-15-12-9-3)83-74(78)67-64-61-58-55-52-49-47-45-42-33-31-29-26-23-20-17-14-11-8-2/h11,14,19-20,22-23,28-31,34-35,42,45,49,52,58,61-62,65,71-72H,7-10,12-13,15-18,21,24-27,32-33,36-41,43-44,46-48,50-51,53-57,59-60,63-64,66-70H2,1-6H3,(H-,75,77,79,80)/p+1/b14-11-,22-19-,23-20-,30-28-,31-29-,35-34-,45-42-,52-49-,61-58-,65-62-. The highest BCUT2D eigenvalue weighted by Gasteiger charge is 2.30. The number of rotatable bonds is 61. The average Bonchev–Trinajstić information content (AvgIpc) is 3.65. The van der Waals surface area contributed by atoms with Crippen LogP contribution in [-0.2, 0) is 27.9 Å². The normalized spacial score (nSPS) is 14.3. The molecule has 2 N–H and O–H groups in total. The Kier molecular flexibility index (Phi) is 59.8. The molecular weight excluding hydrogens is 1060 g/mol. The number of quaternary nitrogens is 1. The number of carbonyl (C=O) groups is 2. The molecule has 84 heavy (non-hydrogen) atoms. The van der Waals surface area contributed by atoms with E-state index in [1.165, 1.54) is 154 Å². The van der Waals surface area contributed by atoms with Crippen LogP contribution in [0.5, 0.6) is 0 Å². The Morgan fingerprint density at radius 2 is 0.774 bits per heavy atom. The van der Waals surface area contributed by atoms with Gasteiger partial charge in [-0.25, -0.2) is 4.57 Å². The highest BCUT2D eigenvalue weighted by atomic mass is 31.2. The number of hydrogen-bond donors (Lipinski definition) is 2. The molecule has 9 nitrogen and oxygen atoms in total. The fourth-order valence-corrected chi connectivity index (χ4v) is 10.1. The molecule has 0 saturated heterocycles. The second-order valence-corrected chi connectivity index (χ2v) is 25.4. The predicted molar refractivity (Wildman–Crippen MR) is 364 cm³/mol. The van der Waals surface area contributed by atoms with Crippen LogP contribution in [0, 0.1) is 0 Å². The molecule has 0 fully saturated rings. The molecule has 0 aromatic rings. The lowest BCUT2D eigenvalue weighted by Crippen LogP contribution is -2.47. The van der Waals surface area contributed by atoms with Crippen LogP contribution in [0.2, 0.25) is 0 Å². The lowest BCUT2D eigenvalue weighted by molar-refractivity contribution is -0.870. The molecule has 3 unspecified atom stereocenters. The van der Waals surface area contributed by atoms with Crippen LogP contribution >= 0.6 is 7.82 Å². The van der Waals surface area contributed by atoms with Crippen molar-refractivity contribution in [3.8, 4) is 0 Å². The maximum atomic E-state index is 13.6. The number of nitrogens with zero attached hydrogens (tertiary/aromatic N) is 1. The zero-order valence-electron chi connectivity index (χ0n) is 55.1. The fraction of sp³-hybridized carbons (Fsp3) is 0.703. The Hall–Kier alpha value is -3.59. The molecule has 0 aromatic heterocycles. The number of carbonyl (C=O) groups excluding carboxylic acids is 2. The van der Waals surface area contributed by atoms with E-state index in [0.29, 0.717) is 23.9 Å². The molecule has 482 valence electrons. The Morgan fingerprint density at radius 3 is 1.19 bits per heavy atom. The largest absolute Gasteiger partial charge is 0.472 e. The van der Waals surface area contributed by atoms with Gasteiger partial charge in [-0.05, 0) is 109 Å². The van der Waals surface area contributed by atoms with Gasteiger partial charge < -0.3 is 19.4 Å². The second-order valence-electron chi connectivity index (χ2n) is 24.0. The second kappa shape index (κ2) is 62.5. The van der Waals surface area contributed by atoms with E-state index in [2.05, 4.69) is 129 Å². The summed E-state index contributed by atoms with van der Waals surface area (Å²) in [6.07, 6.45) is 88.0. The Morgan fingerprint density at radius 1 is 0.429 bits per heavy atom. The molecule has 0 aliphatic rings. The van der Waals surface area contributed by atoms with Gasteiger partial charge in [-0.15, -0.1) is 0 Å². The quantitative estimate of drug-likeness (QED) is 0.0205. The van der Waals surface area contributed by atoms with E-state index in [4.69, 9.17) is 13.8 Å². The van der Waals surface area contributed by atoms with Gasteiger partial charge in [-0.1, -0.05) is 284 Å². The predicted octanol–water partition coefficient (Wildman–Crippen LogP) is 21.8. The van der Waals surface area contributed by atoms with Crippen molar-refractivity contribution in [3.63, 3.8) is 0 Å². The first-order chi connectivity index (χ1) is 40.9. The van der Waals surface area contributed by atoms with Crippen molar-refractivity contribution < 1.29 is 37.3 Å². The number of hydrogen-bond acceptors (Lipinski definition) is 6. The van der Waals surface area contributed by atoms with Crippen LogP contribution in [0.1, 0.15) is 284 Å². The van der Waals surface area contributed by atoms with Gasteiger partial charge in [0.15, 0.2) is 0 Å². The number of ether oxygens (including phenoxy) is 1. The van der Waals surface area contributed by atoms with Crippen LogP contribution in [-0.4, -0.2) is 74.3 Å². The van der Waals surface area contributed by atoms with E-state index >= 15 is 0 Å². The molecule has 0 aliphatic heterocycles. The number of phosphoric acid groups is 1. The minimum Gasteiger partial charge on any atom is -0.456 e. The highest BCUT2D eigenvalue weighted by molar-refractivity contribution is 7.47. The van der Waals surface area contributed by atoms with Crippen LogP contribution in [0.3, 0.4) is 0 Å². The average molecular weight is 1190 g/mol.